The highest BCUT2D eigenvalue weighted by molar-refractivity contribution is 7.99. The first-order valence-electron chi connectivity index (χ1n) is 9.44. The zero-order valence-corrected chi connectivity index (χ0v) is 17.5. The second-order valence-corrected chi connectivity index (χ2v) is 8.46. The van der Waals surface area contributed by atoms with Crippen molar-refractivity contribution in [2.24, 2.45) is 0 Å². The minimum absolute atomic E-state index is 0.0316. The van der Waals surface area contributed by atoms with E-state index in [2.05, 4.69) is 15.4 Å². The van der Waals surface area contributed by atoms with Gasteiger partial charge in [-0.05, 0) is 30.3 Å². The van der Waals surface area contributed by atoms with E-state index >= 15 is 0 Å². The van der Waals surface area contributed by atoms with Crippen LogP contribution in [0, 0.1) is 5.82 Å². The van der Waals surface area contributed by atoms with Gasteiger partial charge in [0.1, 0.15) is 11.2 Å². The minimum atomic E-state index is -0.508. The summed E-state index contributed by atoms with van der Waals surface area (Å²) in [6.07, 6.45) is 1.50. The number of aromatic nitrogens is 4. The number of hydrogen-bond acceptors (Lipinski definition) is 5. The maximum Gasteiger partial charge on any atom is 0.265 e. The average Bonchev–Trinajstić information content (AvgIpc) is 3.35. The summed E-state index contributed by atoms with van der Waals surface area (Å²) in [5.74, 6) is -0.361. The van der Waals surface area contributed by atoms with E-state index in [9.17, 15) is 14.0 Å². The molecule has 0 bridgehead atoms. The normalized spacial score (nSPS) is 15.2. The molecule has 0 saturated heterocycles. The Morgan fingerprint density at radius 3 is 2.90 bits per heavy atom. The molecule has 0 spiro atoms. The van der Waals surface area contributed by atoms with Crippen LogP contribution in [0.1, 0.15) is 12.5 Å². The Hall–Kier alpha value is -3.17. The lowest BCUT2D eigenvalue weighted by molar-refractivity contribution is -0.116. The van der Waals surface area contributed by atoms with Gasteiger partial charge >= 0.3 is 0 Å². The van der Waals surface area contributed by atoms with Gasteiger partial charge in [0.15, 0.2) is 10.8 Å². The number of nitrogens with one attached hydrogen (secondary N) is 1. The Balaban J connectivity index is 1.46. The lowest BCUT2D eigenvalue weighted by Gasteiger charge is -2.13. The van der Waals surface area contributed by atoms with Gasteiger partial charge in [0.25, 0.3) is 5.56 Å². The van der Waals surface area contributed by atoms with Crippen LogP contribution in [0.15, 0.2) is 64.7 Å². The fourth-order valence-corrected chi connectivity index (χ4v) is 4.87. The van der Waals surface area contributed by atoms with Gasteiger partial charge in [-0.2, -0.15) is 5.10 Å². The minimum Gasteiger partial charge on any atom is -0.324 e. The summed E-state index contributed by atoms with van der Waals surface area (Å²) in [7, 11) is 0. The number of nitrogens with zero attached hydrogens (tertiary/aromatic N) is 4. The van der Waals surface area contributed by atoms with Crippen LogP contribution in [0.4, 0.5) is 10.1 Å². The Bertz CT molecular complexity index is 1390. The highest BCUT2D eigenvalue weighted by atomic mass is 35.5. The summed E-state index contributed by atoms with van der Waals surface area (Å²) < 4.78 is 16.9. The topological polar surface area (TPSA) is 81.8 Å². The van der Waals surface area contributed by atoms with Crippen LogP contribution in [0.2, 0.25) is 5.02 Å². The van der Waals surface area contributed by atoms with Crippen molar-refractivity contribution in [3.05, 3.63) is 75.9 Å². The Kier molecular flexibility index (Phi) is 4.99. The van der Waals surface area contributed by atoms with Crippen molar-refractivity contribution in [3.63, 3.8) is 0 Å². The van der Waals surface area contributed by atoms with E-state index in [0.29, 0.717) is 32.7 Å². The van der Waals surface area contributed by atoms with Crippen molar-refractivity contribution in [1.29, 1.82) is 0 Å². The number of fused-ring (bicyclic) bond motifs is 2. The highest BCUT2D eigenvalue weighted by Crippen LogP contribution is 2.33. The number of carbonyl (C=O) groups is 1. The maximum absolute atomic E-state index is 13.8. The lowest BCUT2D eigenvalue weighted by atomic mass is 10.2. The van der Waals surface area contributed by atoms with Gasteiger partial charge in [-0.25, -0.2) is 14.1 Å². The maximum atomic E-state index is 13.8. The van der Waals surface area contributed by atoms with E-state index in [-0.39, 0.29) is 29.6 Å². The molecule has 0 saturated carbocycles. The van der Waals surface area contributed by atoms with E-state index in [4.69, 9.17) is 11.6 Å². The van der Waals surface area contributed by atoms with Gasteiger partial charge < -0.3 is 5.32 Å². The van der Waals surface area contributed by atoms with Gasteiger partial charge in [-0.3, -0.25) is 14.2 Å². The summed E-state index contributed by atoms with van der Waals surface area (Å²) >= 11 is 7.48. The molecule has 1 amide bonds. The molecule has 10 heteroatoms. The van der Waals surface area contributed by atoms with E-state index in [1.54, 1.807) is 35.0 Å². The van der Waals surface area contributed by atoms with Gasteiger partial charge in [-0.15, -0.1) is 0 Å². The number of carbonyl (C=O) groups excluding carboxylic acids is 1. The Morgan fingerprint density at radius 2 is 2.10 bits per heavy atom. The van der Waals surface area contributed by atoms with E-state index < -0.39 is 5.82 Å². The zero-order valence-electron chi connectivity index (χ0n) is 16.0. The van der Waals surface area contributed by atoms with Crippen LogP contribution in [0.5, 0.6) is 0 Å². The quantitative estimate of drug-likeness (QED) is 0.469. The molecule has 31 heavy (non-hydrogen) atoms. The van der Waals surface area contributed by atoms with Crippen molar-refractivity contribution in [2.75, 3.05) is 11.1 Å². The molecule has 2 aromatic heterocycles. The van der Waals surface area contributed by atoms with E-state index in [1.807, 2.05) is 6.07 Å². The summed E-state index contributed by atoms with van der Waals surface area (Å²) in [6, 6.07) is 12.7. The van der Waals surface area contributed by atoms with Crippen molar-refractivity contribution >= 4 is 46.0 Å². The van der Waals surface area contributed by atoms with Crippen LogP contribution >= 0.6 is 23.4 Å². The van der Waals surface area contributed by atoms with E-state index in [0.717, 1.165) is 0 Å². The summed E-state index contributed by atoms with van der Waals surface area (Å²) in [4.78, 5) is 30.3. The molecule has 1 atom stereocenters. The van der Waals surface area contributed by atoms with Gasteiger partial charge in [-0.1, -0.05) is 41.6 Å². The molecule has 0 radical (unpaired) electrons. The largest absolute Gasteiger partial charge is 0.324 e. The second-order valence-electron chi connectivity index (χ2n) is 7.04. The Labute approximate surface area is 184 Å². The summed E-state index contributed by atoms with van der Waals surface area (Å²) in [6.45, 7) is 0. The van der Waals surface area contributed by atoms with Crippen LogP contribution in [-0.2, 0) is 4.79 Å². The molecule has 0 fully saturated rings. The number of amides is 1. The van der Waals surface area contributed by atoms with Gasteiger partial charge in [0, 0.05) is 17.2 Å². The van der Waals surface area contributed by atoms with Crippen LogP contribution in [-0.4, -0.2) is 31.0 Å². The SMILES string of the molecule is O=C(CC1CSc2nc3c(cnn3-c3cccc(Cl)c3)c(=O)n21)Nc1ccccc1F. The second kappa shape index (κ2) is 7.82. The number of thioether (sulfide) groups is 1. The van der Waals surface area contributed by atoms with Crippen LogP contribution in [0.25, 0.3) is 16.7 Å². The molecule has 156 valence electrons. The molecule has 7 nitrogen and oxygen atoms in total. The highest BCUT2D eigenvalue weighted by Gasteiger charge is 2.29. The molecule has 5 rings (SSSR count). The number of anilines is 1. The molecule has 1 aliphatic heterocycles. The lowest BCUT2D eigenvalue weighted by Crippen LogP contribution is -2.27. The average molecular weight is 456 g/mol. The molecule has 1 aliphatic rings. The monoisotopic (exact) mass is 455 g/mol. The predicted molar refractivity (Wildman–Crippen MR) is 118 cm³/mol. The third kappa shape index (κ3) is 3.60. The van der Waals surface area contributed by atoms with E-state index in [1.165, 1.54) is 34.7 Å². The first-order chi connectivity index (χ1) is 15.0. The number of hydrogen-bond donors (Lipinski definition) is 1. The molecule has 1 unspecified atom stereocenters. The molecule has 3 heterocycles. The molecule has 4 aromatic rings. The van der Waals surface area contributed by atoms with Crippen molar-refractivity contribution in [3.8, 4) is 5.69 Å². The molecule has 0 aliphatic carbocycles. The number of rotatable bonds is 4. The molecule has 2 aromatic carbocycles. The molecular formula is C21H15ClFN5O2S. The van der Waals surface area contributed by atoms with Crippen LogP contribution in [0.3, 0.4) is 0 Å². The number of para-hydroxylation sites is 1. The van der Waals surface area contributed by atoms with Gasteiger partial charge in [0.05, 0.1) is 23.6 Å². The smallest absolute Gasteiger partial charge is 0.265 e. The number of benzene rings is 2. The van der Waals surface area contributed by atoms with Crippen LogP contribution < -0.4 is 10.9 Å². The third-order valence-corrected chi connectivity index (χ3v) is 6.33. The Morgan fingerprint density at radius 1 is 1.26 bits per heavy atom. The zero-order chi connectivity index (χ0) is 21.5. The van der Waals surface area contributed by atoms with Crippen molar-refractivity contribution < 1.29 is 9.18 Å². The predicted octanol–water partition coefficient (Wildman–Crippen LogP) is 4.05. The summed E-state index contributed by atoms with van der Waals surface area (Å²) in [5.41, 5.74) is 0.981. The molecular weight excluding hydrogens is 441 g/mol. The van der Waals surface area contributed by atoms with Gasteiger partial charge in [0.2, 0.25) is 5.91 Å². The summed E-state index contributed by atoms with van der Waals surface area (Å²) in [5, 5.41) is 8.30. The first-order valence-corrected chi connectivity index (χ1v) is 10.8. The fraction of sp³-hybridized carbons (Fsp3) is 0.143. The first kappa shape index (κ1) is 19.8. The van der Waals surface area contributed by atoms with Crippen molar-refractivity contribution in [1.82, 2.24) is 19.3 Å². The number of halogens is 2. The molecule has 1 N–H and O–H groups in total. The standard InChI is InChI=1S/C21H15ClFN5O2S/c22-12-4-3-5-13(8-12)28-19-15(10-24-28)20(30)27-14(11-31-21(27)26-19)9-18(29)25-17-7-2-1-6-16(17)23/h1-8,10,14H,9,11H2,(H,25,29). The fourth-order valence-electron chi connectivity index (χ4n) is 3.56. The third-order valence-electron chi connectivity index (χ3n) is 4.99. The van der Waals surface area contributed by atoms with Crippen molar-refractivity contribution in [2.45, 2.75) is 17.6 Å².